The minimum Gasteiger partial charge on any atom is -0.507 e. The van der Waals surface area contributed by atoms with Gasteiger partial charge in [0, 0.05) is 21.4 Å². The number of hydrogen-bond acceptors (Lipinski definition) is 8. The molecule has 222 valence electrons. The van der Waals surface area contributed by atoms with E-state index in [0.29, 0.717) is 43.6 Å². The molecule has 2 heterocycles. The highest BCUT2D eigenvalue weighted by atomic mass is 35.5. The molecule has 1 unspecified atom stereocenters. The van der Waals surface area contributed by atoms with Gasteiger partial charge in [0.2, 0.25) is 5.13 Å². The monoisotopic (exact) mass is 653 g/mol. The number of ketones is 1. The molecule has 11 heteroatoms. The number of rotatable bonds is 10. The SMILES string of the molecule is CCCCOc1ccc(C2C(=C(O)c3cc(C)ccc3C)C(=O)C(=O)N2c2nnc(SCc3ccc(Cl)cc3Cl)s2)cc1. The second-order valence-corrected chi connectivity index (χ2v) is 13.2. The quantitative estimate of drug-likeness (QED) is 0.0458. The largest absolute Gasteiger partial charge is 0.507 e. The number of nitrogens with zero attached hydrogens (tertiary/aromatic N) is 3. The Hall–Kier alpha value is -3.37. The summed E-state index contributed by atoms with van der Waals surface area (Å²) < 4.78 is 6.42. The van der Waals surface area contributed by atoms with E-state index in [0.717, 1.165) is 29.5 Å². The van der Waals surface area contributed by atoms with Gasteiger partial charge in [-0.2, -0.15) is 0 Å². The Morgan fingerprint density at radius 2 is 1.81 bits per heavy atom. The third-order valence-electron chi connectivity index (χ3n) is 7.02. The van der Waals surface area contributed by atoms with Crippen LogP contribution in [0.15, 0.2) is 70.6 Å². The number of carbonyl (C=O) groups excluding carboxylic acids is 2. The number of amides is 1. The molecule has 1 atom stereocenters. The topological polar surface area (TPSA) is 92.6 Å². The zero-order valence-corrected chi connectivity index (χ0v) is 26.9. The van der Waals surface area contributed by atoms with E-state index in [2.05, 4.69) is 17.1 Å². The average molecular weight is 655 g/mol. The highest BCUT2D eigenvalue weighted by Gasteiger charge is 2.48. The van der Waals surface area contributed by atoms with Crippen molar-refractivity contribution in [1.29, 1.82) is 0 Å². The molecule has 5 rings (SSSR count). The molecule has 4 aromatic rings. The maximum Gasteiger partial charge on any atom is 0.301 e. The van der Waals surface area contributed by atoms with Gasteiger partial charge in [-0.05, 0) is 67.3 Å². The second kappa shape index (κ2) is 13.5. The molecule has 0 aliphatic carbocycles. The van der Waals surface area contributed by atoms with Crippen LogP contribution in [-0.4, -0.2) is 33.6 Å². The van der Waals surface area contributed by atoms with E-state index in [-0.39, 0.29) is 16.5 Å². The van der Waals surface area contributed by atoms with Gasteiger partial charge < -0.3 is 9.84 Å². The Bertz CT molecular complexity index is 1710. The van der Waals surface area contributed by atoms with Gasteiger partial charge in [-0.25, -0.2) is 0 Å². The van der Waals surface area contributed by atoms with Crippen molar-refractivity contribution in [2.45, 2.75) is 49.7 Å². The summed E-state index contributed by atoms with van der Waals surface area (Å²) in [6.45, 7) is 6.44. The number of thioether (sulfide) groups is 1. The molecule has 0 saturated carbocycles. The number of ether oxygens (including phenoxy) is 1. The van der Waals surface area contributed by atoms with Gasteiger partial charge in [-0.1, -0.05) is 95.5 Å². The van der Waals surface area contributed by atoms with Crippen LogP contribution >= 0.6 is 46.3 Å². The first kappa shape index (κ1) is 31.1. The minimum absolute atomic E-state index is 0.00398. The third-order valence-corrected chi connectivity index (χ3v) is 9.71. The summed E-state index contributed by atoms with van der Waals surface area (Å²) in [6, 6.07) is 17.2. The molecule has 1 aliphatic rings. The Balaban J connectivity index is 1.53. The summed E-state index contributed by atoms with van der Waals surface area (Å²) in [7, 11) is 0. The standard InChI is InChI=1S/C32H29Cl2N3O4S2/c1-4-5-14-41-23-12-9-20(10-13-23)27-26(28(38)24-15-18(2)6-7-19(24)3)29(39)30(40)37(27)31-35-36-32(43-31)42-17-21-8-11-22(33)16-25(21)34/h6-13,15-16,27,38H,4-5,14,17H2,1-3H3. The molecule has 1 aromatic heterocycles. The normalized spacial score (nSPS) is 16.2. The van der Waals surface area contributed by atoms with Crippen LogP contribution in [0.3, 0.4) is 0 Å². The number of anilines is 1. The first-order valence-electron chi connectivity index (χ1n) is 13.7. The van der Waals surface area contributed by atoms with Gasteiger partial charge in [-0.3, -0.25) is 14.5 Å². The fraction of sp³-hybridized carbons (Fsp3) is 0.250. The van der Waals surface area contributed by atoms with Crippen LogP contribution in [0.5, 0.6) is 5.75 Å². The molecule has 0 bridgehead atoms. The number of unbranched alkanes of at least 4 members (excludes halogenated alkanes) is 1. The Labute approximate surface area is 268 Å². The van der Waals surface area contributed by atoms with E-state index in [9.17, 15) is 14.7 Å². The van der Waals surface area contributed by atoms with E-state index in [1.165, 1.54) is 28.0 Å². The van der Waals surface area contributed by atoms with Crippen molar-refractivity contribution in [3.63, 3.8) is 0 Å². The lowest BCUT2D eigenvalue weighted by Crippen LogP contribution is -2.29. The molecule has 0 spiro atoms. The van der Waals surface area contributed by atoms with Crippen LogP contribution in [0.4, 0.5) is 5.13 Å². The summed E-state index contributed by atoms with van der Waals surface area (Å²) in [5.74, 6) is -0.609. The Morgan fingerprint density at radius 3 is 2.53 bits per heavy atom. The first-order chi connectivity index (χ1) is 20.7. The number of aliphatic hydroxyl groups excluding tert-OH is 1. The van der Waals surface area contributed by atoms with Crippen molar-refractivity contribution in [3.8, 4) is 5.75 Å². The van der Waals surface area contributed by atoms with Crippen molar-refractivity contribution in [3.05, 3.63) is 104 Å². The maximum atomic E-state index is 13.6. The summed E-state index contributed by atoms with van der Waals surface area (Å²) in [4.78, 5) is 28.5. The molecule has 3 aromatic carbocycles. The summed E-state index contributed by atoms with van der Waals surface area (Å²) >= 11 is 15.0. The average Bonchev–Trinajstić information content (AvgIpc) is 3.56. The van der Waals surface area contributed by atoms with Gasteiger partial charge >= 0.3 is 5.91 Å². The molecule has 1 fully saturated rings. The van der Waals surface area contributed by atoms with Gasteiger partial charge in [0.05, 0.1) is 18.2 Å². The second-order valence-electron chi connectivity index (χ2n) is 10.1. The highest BCUT2D eigenvalue weighted by molar-refractivity contribution is 8.00. The van der Waals surface area contributed by atoms with Crippen molar-refractivity contribution in [2.24, 2.45) is 0 Å². The molecular weight excluding hydrogens is 625 g/mol. The van der Waals surface area contributed by atoms with Crippen molar-refractivity contribution >= 4 is 68.9 Å². The summed E-state index contributed by atoms with van der Waals surface area (Å²) in [5.41, 5.74) is 3.70. The third kappa shape index (κ3) is 6.75. The Kier molecular flexibility index (Phi) is 9.76. The molecule has 0 radical (unpaired) electrons. The maximum absolute atomic E-state index is 13.6. The van der Waals surface area contributed by atoms with Crippen molar-refractivity contribution < 1.29 is 19.4 Å². The minimum atomic E-state index is -0.916. The van der Waals surface area contributed by atoms with E-state index < -0.39 is 17.7 Å². The lowest BCUT2D eigenvalue weighted by atomic mass is 9.93. The number of halogens is 2. The zero-order chi connectivity index (χ0) is 30.7. The predicted octanol–water partition coefficient (Wildman–Crippen LogP) is 8.56. The number of carbonyl (C=O) groups is 2. The smallest absolute Gasteiger partial charge is 0.301 e. The molecular formula is C32H29Cl2N3O4S2. The van der Waals surface area contributed by atoms with Gasteiger partial charge in [0.15, 0.2) is 4.34 Å². The van der Waals surface area contributed by atoms with E-state index in [4.69, 9.17) is 27.9 Å². The molecule has 43 heavy (non-hydrogen) atoms. The van der Waals surface area contributed by atoms with E-state index in [1.807, 2.05) is 32.0 Å². The zero-order valence-electron chi connectivity index (χ0n) is 23.8. The Morgan fingerprint density at radius 1 is 1.05 bits per heavy atom. The van der Waals surface area contributed by atoms with Crippen LogP contribution < -0.4 is 9.64 Å². The van der Waals surface area contributed by atoms with Crippen LogP contribution in [0.2, 0.25) is 10.0 Å². The van der Waals surface area contributed by atoms with Crippen LogP contribution in [0, 0.1) is 13.8 Å². The number of benzene rings is 3. The highest BCUT2D eigenvalue weighted by Crippen LogP contribution is 2.45. The van der Waals surface area contributed by atoms with Gasteiger partial charge in [0.1, 0.15) is 11.5 Å². The fourth-order valence-corrected chi connectivity index (χ4v) is 7.12. The number of aryl methyl sites for hydroxylation is 2. The molecule has 7 nitrogen and oxygen atoms in total. The molecule has 1 aliphatic heterocycles. The summed E-state index contributed by atoms with van der Waals surface area (Å²) in [6.07, 6.45) is 1.94. The fourth-order valence-electron chi connectivity index (χ4n) is 4.70. The summed E-state index contributed by atoms with van der Waals surface area (Å²) in [5, 5.41) is 21.5. The van der Waals surface area contributed by atoms with Crippen molar-refractivity contribution in [2.75, 3.05) is 11.5 Å². The lowest BCUT2D eigenvalue weighted by molar-refractivity contribution is -0.132. The molecule has 1 amide bonds. The van der Waals surface area contributed by atoms with Crippen LogP contribution in [-0.2, 0) is 15.3 Å². The van der Waals surface area contributed by atoms with Crippen LogP contribution in [0.1, 0.15) is 53.6 Å². The molecule has 1 N–H and O–H groups in total. The lowest BCUT2D eigenvalue weighted by Gasteiger charge is -2.23. The number of hydrogen-bond donors (Lipinski definition) is 1. The van der Waals surface area contributed by atoms with Crippen molar-refractivity contribution in [1.82, 2.24) is 10.2 Å². The number of aromatic nitrogens is 2. The number of aliphatic hydroxyl groups is 1. The van der Waals surface area contributed by atoms with Gasteiger partial charge in [-0.15, -0.1) is 10.2 Å². The predicted molar refractivity (Wildman–Crippen MR) is 173 cm³/mol. The molecule has 1 saturated heterocycles. The van der Waals surface area contributed by atoms with Crippen LogP contribution in [0.25, 0.3) is 5.76 Å². The number of Topliss-reactive ketones (excluding diaryl/α,β-unsaturated/α-hetero) is 1. The van der Waals surface area contributed by atoms with E-state index in [1.54, 1.807) is 42.5 Å². The van der Waals surface area contributed by atoms with E-state index >= 15 is 0 Å². The first-order valence-corrected chi connectivity index (χ1v) is 16.2. The van der Waals surface area contributed by atoms with Gasteiger partial charge in [0.25, 0.3) is 5.78 Å².